The second-order valence-corrected chi connectivity index (χ2v) is 21.3. The summed E-state index contributed by atoms with van der Waals surface area (Å²) in [6.45, 7) is 0. The predicted octanol–water partition coefficient (Wildman–Crippen LogP) is 22.4. The number of hydrogen-bond donors (Lipinski definition) is 0. The Kier molecular flexibility index (Phi) is 9.75. The Balaban J connectivity index is 1.00. The van der Waals surface area contributed by atoms with Crippen LogP contribution in [0.2, 0.25) is 0 Å². The first kappa shape index (κ1) is 44.6. The van der Waals surface area contributed by atoms with Crippen LogP contribution in [-0.2, 0) is 0 Å². The normalized spacial score (nSPS) is 12.0. The van der Waals surface area contributed by atoms with Crippen LogP contribution in [0.4, 0.5) is 0 Å². The summed E-state index contributed by atoms with van der Waals surface area (Å²) in [5.41, 5.74) is 17.3. The second-order valence-electron chi connectivity index (χ2n) is 21.3. The van der Waals surface area contributed by atoms with Crippen molar-refractivity contribution in [2.45, 2.75) is 0 Å². The number of benzene rings is 15. The third-order valence-corrected chi connectivity index (χ3v) is 16.9. The van der Waals surface area contributed by atoms with E-state index in [9.17, 15) is 0 Å². The van der Waals surface area contributed by atoms with Gasteiger partial charge in [-0.05, 0) is 152 Å². The summed E-state index contributed by atoms with van der Waals surface area (Å²) in [4.78, 5) is 0. The number of para-hydroxylation sites is 2. The average molecular weight is 1020 g/mol. The average Bonchev–Trinajstić information content (AvgIpc) is 4.29. The lowest BCUT2D eigenvalue weighted by atomic mass is 9.82. The summed E-state index contributed by atoms with van der Waals surface area (Å²) < 4.78 is 14.6. The molecule has 0 unspecified atom stereocenters. The fraction of sp³-hybridized carbons (Fsp3) is 0. The molecular weight excluding hydrogens is 969 g/mol. The van der Waals surface area contributed by atoms with Crippen molar-refractivity contribution in [2.75, 3.05) is 0 Å². The molecule has 0 atom stereocenters. The van der Waals surface area contributed by atoms with E-state index in [4.69, 9.17) is 8.83 Å². The van der Waals surface area contributed by atoms with Crippen LogP contribution in [0.15, 0.2) is 288 Å². The van der Waals surface area contributed by atoms with Crippen molar-refractivity contribution < 1.29 is 8.83 Å². The second kappa shape index (κ2) is 17.5. The standard InChI is InChI=1S/C78H46O2/c1-3-21-47(22-4-1)52-42-53(48-23-5-2-6-24-48)44-54(43-52)71-58-29-11-15-33-62(58)74(63-34-16-12-30-59(63)71)67-46-55-45-66(77-75(64-35-17-19-37-68(64)79-77)72(55)76-65-36-18-20-38-69(65)80-78(67)76)73-60-31-13-9-27-56(60)70(57-28-10-14-32-61(57)73)51-40-39-49-25-7-8-26-50(49)41-51/h1-46H. The van der Waals surface area contributed by atoms with E-state index in [1.54, 1.807) is 0 Å². The minimum absolute atomic E-state index is 0.846. The maximum absolute atomic E-state index is 7.31. The lowest BCUT2D eigenvalue weighted by Gasteiger charge is -2.20. The van der Waals surface area contributed by atoms with Crippen molar-refractivity contribution >= 4 is 109 Å². The molecule has 0 aliphatic carbocycles. The first-order chi connectivity index (χ1) is 39.7. The molecule has 0 saturated heterocycles. The van der Waals surface area contributed by atoms with Crippen molar-refractivity contribution in [3.05, 3.63) is 279 Å². The van der Waals surface area contributed by atoms with E-state index in [-0.39, 0.29) is 0 Å². The van der Waals surface area contributed by atoms with E-state index in [2.05, 4.69) is 279 Å². The predicted molar refractivity (Wildman–Crippen MR) is 339 cm³/mol. The topological polar surface area (TPSA) is 26.3 Å². The van der Waals surface area contributed by atoms with E-state index in [1.165, 1.54) is 87.6 Å². The quantitative estimate of drug-likeness (QED) is 0.155. The number of rotatable bonds is 6. The highest BCUT2D eigenvalue weighted by Crippen LogP contribution is 2.54. The van der Waals surface area contributed by atoms with Crippen molar-refractivity contribution in [1.29, 1.82) is 0 Å². The minimum Gasteiger partial charge on any atom is -0.455 e. The van der Waals surface area contributed by atoms with Gasteiger partial charge in [-0.25, -0.2) is 0 Å². The van der Waals surface area contributed by atoms with Crippen LogP contribution in [0.5, 0.6) is 0 Å². The Morgan fingerprint density at radius 1 is 0.188 bits per heavy atom. The molecule has 2 heterocycles. The summed E-state index contributed by atoms with van der Waals surface area (Å²) in [7, 11) is 0. The maximum Gasteiger partial charge on any atom is 0.143 e. The monoisotopic (exact) mass is 1010 g/mol. The molecule has 0 aliphatic rings. The molecule has 0 bridgehead atoms. The first-order valence-electron chi connectivity index (χ1n) is 27.6. The molecule has 2 heteroatoms. The van der Waals surface area contributed by atoms with Crippen LogP contribution >= 0.6 is 0 Å². The Morgan fingerprint density at radius 2 is 0.537 bits per heavy atom. The van der Waals surface area contributed by atoms with E-state index in [0.29, 0.717) is 0 Å². The molecule has 0 radical (unpaired) electrons. The van der Waals surface area contributed by atoms with Gasteiger partial charge in [0.25, 0.3) is 0 Å². The molecule has 0 fully saturated rings. The number of hydrogen-bond acceptors (Lipinski definition) is 2. The lowest BCUT2D eigenvalue weighted by molar-refractivity contribution is 0.670. The van der Waals surface area contributed by atoms with Gasteiger partial charge in [0.15, 0.2) is 0 Å². The Hall–Kier alpha value is -10.5. The van der Waals surface area contributed by atoms with Gasteiger partial charge in [0.1, 0.15) is 22.3 Å². The van der Waals surface area contributed by atoms with Crippen LogP contribution < -0.4 is 0 Å². The maximum atomic E-state index is 7.31. The first-order valence-corrected chi connectivity index (χ1v) is 27.6. The Bertz CT molecular complexity index is 5240. The molecule has 2 aromatic heterocycles. The van der Waals surface area contributed by atoms with Gasteiger partial charge in [-0.1, -0.05) is 231 Å². The molecule has 17 rings (SSSR count). The highest BCUT2D eigenvalue weighted by atomic mass is 16.3. The fourth-order valence-corrected chi connectivity index (χ4v) is 13.6. The van der Waals surface area contributed by atoms with Crippen molar-refractivity contribution in [1.82, 2.24) is 0 Å². The smallest absolute Gasteiger partial charge is 0.143 e. The molecule has 2 nitrogen and oxygen atoms in total. The van der Waals surface area contributed by atoms with Gasteiger partial charge in [0.05, 0.1) is 0 Å². The summed E-state index contributed by atoms with van der Waals surface area (Å²) in [6.07, 6.45) is 0. The molecule has 80 heavy (non-hydrogen) atoms. The van der Waals surface area contributed by atoms with Gasteiger partial charge in [-0.3, -0.25) is 0 Å². The summed E-state index contributed by atoms with van der Waals surface area (Å²) in [6, 6.07) is 102. The van der Waals surface area contributed by atoms with Crippen LogP contribution in [0.1, 0.15) is 0 Å². The van der Waals surface area contributed by atoms with E-state index in [0.717, 1.165) is 87.7 Å². The van der Waals surface area contributed by atoms with E-state index >= 15 is 0 Å². The van der Waals surface area contributed by atoms with Crippen molar-refractivity contribution in [3.8, 4) is 66.8 Å². The van der Waals surface area contributed by atoms with Crippen LogP contribution in [0, 0.1) is 0 Å². The minimum atomic E-state index is 0.846. The highest BCUT2D eigenvalue weighted by molar-refractivity contribution is 6.37. The summed E-state index contributed by atoms with van der Waals surface area (Å²) in [5, 5.41) is 18.4. The third kappa shape index (κ3) is 6.66. The van der Waals surface area contributed by atoms with Crippen LogP contribution in [0.25, 0.3) is 175 Å². The van der Waals surface area contributed by atoms with Gasteiger partial charge in [0, 0.05) is 49.2 Å². The molecule has 0 N–H and O–H groups in total. The number of furan rings is 2. The zero-order chi connectivity index (χ0) is 52.4. The highest BCUT2D eigenvalue weighted by Gasteiger charge is 2.28. The van der Waals surface area contributed by atoms with E-state index in [1.807, 2.05) is 0 Å². The van der Waals surface area contributed by atoms with Crippen LogP contribution in [-0.4, -0.2) is 0 Å². The van der Waals surface area contributed by atoms with Crippen LogP contribution in [0.3, 0.4) is 0 Å². The summed E-state index contributed by atoms with van der Waals surface area (Å²) >= 11 is 0. The SMILES string of the molecule is c1ccc(-c2cc(-c3ccccc3)cc(-c3c4ccccc4c(-c4cc5cc(-c6c7ccccc7c(-c7ccc8ccccc8c7)c7ccccc67)c6oc7ccccc7c6c5c5c4oc4ccccc45)c4ccccc34)c2)cc1. The van der Waals surface area contributed by atoms with Gasteiger partial charge in [-0.2, -0.15) is 0 Å². The van der Waals surface area contributed by atoms with Gasteiger partial charge >= 0.3 is 0 Å². The van der Waals surface area contributed by atoms with Gasteiger partial charge in [0.2, 0.25) is 0 Å². The molecule has 15 aromatic carbocycles. The Labute approximate surface area is 460 Å². The largest absolute Gasteiger partial charge is 0.455 e. The zero-order valence-electron chi connectivity index (χ0n) is 43.4. The molecule has 0 saturated carbocycles. The number of fused-ring (bicyclic) bond motifs is 14. The van der Waals surface area contributed by atoms with Crippen molar-refractivity contribution in [2.24, 2.45) is 0 Å². The molecule has 0 amide bonds. The fourth-order valence-electron chi connectivity index (χ4n) is 13.6. The van der Waals surface area contributed by atoms with Gasteiger partial charge in [-0.15, -0.1) is 0 Å². The molecule has 370 valence electrons. The van der Waals surface area contributed by atoms with Crippen molar-refractivity contribution in [3.63, 3.8) is 0 Å². The molecule has 0 aliphatic heterocycles. The molecule has 0 spiro atoms. The van der Waals surface area contributed by atoms with Gasteiger partial charge < -0.3 is 8.83 Å². The third-order valence-electron chi connectivity index (χ3n) is 16.9. The summed E-state index contributed by atoms with van der Waals surface area (Å²) in [5.74, 6) is 0. The molecular formula is C78H46O2. The Morgan fingerprint density at radius 3 is 0.988 bits per heavy atom. The molecule has 17 aromatic rings. The lowest BCUT2D eigenvalue weighted by Crippen LogP contribution is -1.94. The van der Waals surface area contributed by atoms with E-state index < -0.39 is 0 Å². The zero-order valence-corrected chi connectivity index (χ0v) is 43.4.